The van der Waals surface area contributed by atoms with Crippen LogP contribution in [0.3, 0.4) is 0 Å². The third-order valence-electron chi connectivity index (χ3n) is 3.36. The zero-order chi connectivity index (χ0) is 13.3. The molecule has 0 atom stereocenters. The fourth-order valence-corrected chi connectivity index (χ4v) is 2.36. The second-order valence-electron chi connectivity index (χ2n) is 4.71. The molecule has 0 radical (unpaired) electrons. The third-order valence-corrected chi connectivity index (χ3v) is 3.36. The fraction of sp³-hybridized carbons (Fsp3) is 0.357. The highest BCUT2D eigenvalue weighted by molar-refractivity contribution is 5.85. The van der Waals surface area contributed by atoms with E-state index in [0.29, 0.717) is 6.54 Å². The fourth-order valence-electron chi connectivity index (χ4n) is 2.36. The van der Waals surface area contributed by atoms with Crippen LogP contribution in [0.1, 0.15) is 11.3 Å². The molecule has 0 saturated heterocycles. The molecule has 0 amide bonds. The molecule has 0 aliphatic carbocycles. The Hall–Kier alpha value is -1.81. The van der Waals surface area contributed by atoms with E-state index >= 15 is 0 Å². The molecule has 0 bridgehead atoms. The minimum absolute atomic E-state index is 0.0582. The number of carboxylic acids is 1. The third kappa shape index (κ3) is 2.24. The predicted octanol–water partition coefficient (Wildman–Crippen LogP) is 2.00. The van der Waals surface area contributed by atoms with Gasteiger partial charge < -0.3 is 9.67 Å². The van der Waals surface area contributed by atoms with Gasteiger partial charge in [0, 0.05) is 30.2 Å². The first-order chi connectivity index (χ1) is 8.50. The van der Waals surface area contributed by atoms with Crippen molar-refractivity contribution in [2.24, 2.45) is 7.05 Å². The van der Waals surface area contributed by atoms with Gasteiger partial charge in [-0.15, -0.1) is 0 Å². The molecule has 1 N–H and O–H groups in total. The second-order valence-corrected chi connectivity index (χ2v) is 4.71. The maximum atomic E-state index is 10.7. The number of para-hydroxylation sites is 1. The normalized spacial score (nSPS) is 11.3. The van der Waals surface area contributed by atoms with Gasteiger partial charge in [-0.1, -0.05) is 18.2 Å². The lowest BCUT2D eigenvalue weighted by Crippen LogP contribution is -2.25. The summed E-state index contributed by atoms with van der Waals surface area (Å²) in [6.07, 6.45) is 0. The predicted molar refractivity (Wildman–Crippen MR) is 71.6 cm³/mol. The van der Waals surface area contributed by atoms with Gasteiger partial charge in [-0.25, -0.2) is 0 Å². The molecule has 1 aromatic heterocycles. The molecule has 96 valence electrons. The smallest absolute Gasteiger partial charge is 0.317 e. The number of carboxylic acid groups (broad SMARTS) is 1. The van der Waals surface area contributed by atoms with Gasteiger partial charge in [0.05, 0.1) is 6.54 Å². The second kappa shape index (κ2) is 4.82. The first kappa shape index (κ1) is 12.6. The Morgan fingerprint density at radius 2 is 2.06 bits per heavy atom. The first-order valence-corrected chi connectivity index (χ1v) is 5.94. The number of benzene rings is 1. The van der Waals surface area contributed by atoms with Crippen LogP contribution in [-0.2, 0) is 18.4 Å². The number of aliphatic carboxylic acids is 1. The van der Waals surface area contributed by atoms with Crippen LogP contribution in [0.15, 0.2) is 24.3 Å². The van der Waals surface area contributed by atoms with Crippen molar-refractivity contribution in [1.82, 2.24) is 9.47 Å². The molecular weight excluding hydrogens is 228 g/mol. The van der Waals surface area contributed by atoms with Crippen LogP contribution >= 0.6 is 0 Å². The zero-order valence-corrected chi connectivity index (χ0v) is 11.0. The SMILES string of the molecule is Cc1c(CN(C)CC(=O)O)c2ccccc2n1C. The molecule has 4 heteroatoms. The summed E-state index contributed by atoms with van der Waals surface area (Å²) in [5.41, 5.74) is 3.58. The summed E-state index contributed by atoms with van der Waals surface area (Å²) >= 11 is 0. The summed E-state index contributed by atoms with van der Waals surface area (Å²) in [6.45, 7) is 2.78. The number of hydrogen-bond acceptors (Lipinski definition) is 2. The number of likely N-dealkylation sites (N-methyl/N-ethyl adjacent to an activating group) is 1. The van der Waals surface area contributed by atoms with Crippen molar-refractivity contribution in [3.63, 3.8) is 0 Å². The number of hydrogen-bond donors (Lipinski definition) is 1. The minimum Gasteiger partial charge on any atom is -0.480 e. The van der Waals surface area contributed by atoms with E-state index in [1.165, 1.54) is 22.2 Å². The van der Waals surface area contributed by atoms with E-state index in [1.807, 2.05) is 31.1 Å². The number of rotatable bonds is 4. The van der Waals surface area contributed by atoms with E-state index in [9.17, 15) is 4.79 Å². The Kier molecular flexibility index (Phi) is 3.39. The van der Waals surface area contributed by atoms with E-state index < -0.39 is 5.97 Å². The summed E-state index contributed by atoms with van der Waals surface area (Å²) in [5, 5.41) is 10.0. The summed E-state index contributed by atoms with van der Waals surface area (Å²) < 4.78 is 2.15. The van der Waals surface area contributed by atoms with Crippen molar-refractivity contribution < 1.29 is 9.90 Å². The highest BCUT2D eigenvalue weighted by atomic mass is 16.4. The Balaban J connectivity index is 2.38. The van der Waals surface area contributed by atoms with E-state index in [0.717, 1.165) is 0 Å². The topological polar surface area (TPSA) is 45.5 Å². The van der Waals surface area contributed by atoms with Gasteiger partial charge >= 0.3 is 5.97 Å². The molecular formula is C14H18N2O2. The lowest BCUT2D eigenvalue weighted by atomic mass is 10.1. The Morgan fingerprint density at radius 3 is 2.72 bits per heavy atom. The zero-order valence-electron chi connectivity index (χ0n) is 11.0. The van der Waals surface area contributed by atoms with Gasteiger partial charge in [-0.05, 0) is 25.6 Å². The molecule has 2 aromatic rings. The molecule has 0 fully saturated rings. The quantitative estimate of drug-likeness (QED) is 0.897. The molecule has 0 aliphatic rings. The molecule has 1 heterocycles. The monoisotopic (exact) mass is 246 g/mol. The van der Waals surface area contributed by atoms with Crippen LogP contribution in [0.5, 0.6) is 0 Å². The van der Waals surface area contributed by atoms with Gasteiger partial charge in [-0.3, -0.25) is 9.69 Å². The molecule has 18 heavy (non-hydrogen) atoms. The molecule has 1 aromatic carbocycles. The van der Waals surface area contributed by atoms with Gasteiger partial charge in [0.15, 0.2) is 0 Å². The van der Waals surface area contributed by atoms with E-state index in [1.54, 1.807) is 0 Å². The van der Waals surface area contributed by atoms with Gasteiger partial charge in [0.1, 0.15) is 0 Å². The van der Waals surface area contributed by atoms with Crippen LogP contribution in [0.2, 0.25) is 0 Å². The van der Waals surface area contributed by atoms with Crippen molar-refractivity contribution in [2.45, 2.75) is 13.5 Å². The van der Waals surface area contributed by atoms with Crippen LogP contribution in [0, 0.1) is 6.92 Å². The standard InChI is InChI=1S/C14H18N2O2/c1-10-12(8-15(2)9-14(17)18)11-6-4-5-7-13(11)16(10)3/h4-7H,8-9H2,1-3H3,(H,17,18). The Bertz CT molecular complexity index is 587. The van der Waals surface area contributed by atoms with Crippen LogP contribution in [0.25, 0.3) is 10.9 Å². The van der Waals surface area contributed by atoms with E-state index in [4.69, 9.17) is 5.11 Å². The largest absolute Gasteiger partial charge is 0.480 e. The summed E-state index contributed by atoms with van der Waals surface area (Å²) in [7, 11) is 3.87. The van der Waals surface area contributed by atoms with Crippen molar-refractivity contribution in [1.29, 1.82) is 0 Å². The molecule has 0 spiro atoms. The number of fused-ring (bicyclic) bond motifs is 1. The Labute approximate surface area is 106 Å². The van der Waals surface area contributed by atoms with Crippen molar-refractivity contribution in [2.75, 3.05) is 13.6 Å². The van der Waals surface area contributed by atoms with E-state index in [-0.39, 0.29) is 6.54 Å². The lowest BCUT2D eigenvalue weighted by Gasteiger charge is -2.14. The van der Waals surface area contributed by atoms with Gasteiger partial charge in [0.25, 0.3) is 0 Å². The highest BCUT2D eigenvalue weighted by Crippen LogP contribution is 2.25. The number of carbonyl (C=O) groups is 1. The summed E-state index contributed by atoms with van der Waals surface area (Å²) in [4.78, 5) is 12.5. The van der Waals surface area contributed by atoms with Crippen molar-refractivity contribution >= 4 is 16.9 Å². The number of aryl methyl sites for hydroxylation is 1. The van der Waals surface area contributed by atoms with Crippen molar-refractivity contribution in [3.8, 4) is 0 Å². The molecule has 0 aliphatic heterocycles. The molecule has 4 nitrogen and oxygen atoms in total. The summed E-state index contributed by atoms with van der Waals surface area (Å²) in [5.74, 6) is -0.796. The van der Waals surface area contributed by atoms with Gasteiger partial charge in [0.2, 0.25) is 0 Å². The highest BCUT2D eigenvalue weighted by Gasteiger charge is 2.14. The van der Waals surface area contributed by atoms with Crippen LogP contribution in [0.4, 0.5) is 0 Å². The maximum Gasteiger partial charge on any atom is 0.317 e. The van der Waals surface area contributed by atoms with Crippen LogP contribution in [-0.4, -0.2) is 34.1 Å². The van der Waals surface area contributed by atoms with Crippen molar-refractivity contribution in [3.05, 3.63) is 35.5 Å². The lowest BCUT2D eigenvalue weighted by molar-refractivity contribution is -0.138. The average molecular weight is 246 g/mol. The minimum atomic E-state index is -0.796. The number of nitrogens with zero attached hydrogens (tertiary/aromatic N) is 2. The maximum absolute atomic E-state index is 10.7. The first-order valence-electron chi connectivity index (χ1n) is 5.94. The average Bonchev–Trinajstić information content (AvgIpc) is 2.54. The summed E-state index contributed by atoms with van der Waals surface area (Å²) in [6, 6.07) is 8.21. The van der Waals surface area contributed by atoms with Crippen LogP contribution < -0.4 is 0 Å². The van der Waals surface area contributed by atoms with E-state index in [2.05, 4.69) is 23.6 Å². The van der Waals surface area contributed by atoms with Gasteiger partial charge in [-0.2, -0.15) is 0 Å². The Morgan fingerprint density at radius 1 is 1.39 bits per heavy atom. The molecule has 0 saturated carbocycles. The molecule has 2 rings (SSSR count). The molecule has 0 unspecified atom stereocenters. The number of aromatic nitrogens is 1.